The van der Waals surface area contributed by atoms with E-state index in [1.807, 2.05) is 19.0 Å². The molecule has 0 saturated carbocycles. The zero-order valence-electron chi connectivity index (χ0n) is 13.1. The lowest BCUT2D eigenvalue weighted by atomic mass is 10.0. The van der Waals surface area contributed by atoms with Crippen LogP contribution >= 0.6 is 11.6 Å². The standard InChI is InChI=1S/C15H21ClF3N3O/c1-21(2)12-4-3-10(9-23)7-22(8-12)14-13(16)5-11(6-20-14)15(17,18)19/h5-6,10,12,23H,3-4,7-9H2,1-2H3/t10-,12+/m0/s1. The number of anilines is 1. The van der Waals surface area contributed by atoms with Crippen molar-refractivity contribution in [1.29, 1.82) is 0 Å². The topological polar surface area (TPSA) is 39.6 Å². The van der Waals surface area contributed by atoms with Gasteiger partial charge in [-0.1, -0.05) is 11.6 Å². The largest absolute Gasteiger partial charge is 0.417 e. The lowest BCUT2D eigenvalue weighted by Crippen LogP contribution is -2.40. The van der Waals surface area contributed by atoms with E-state index < -0.39 is 11.7 Å². The van der Waals surface area contributed by atoms with Crippen molar-refractivity contribution in [2.75, 3.05) is 38.7 Å². The quantitative estimate of drug-likeness (QED) is 0.909. The van der Waals surface area contributed by atoms with Gasteiger partial charge in [0, 0.05) is 31.9 Å². The van der Waals surface area contributed by atoms with Crippen LogP contribution in [-0.4, -0.2) is 54.8 Å². The molecule has 0 spiro atoms. The molecular formula is C15H21ClF3N3O. The maximum absolute atomic E-state index is 12.7. The second-order valence-electron chi connectivity index (χ2n) is 6.18. The van der Waals surface area contributed by atoms with Crippen molar-refractivity contribution in [1.82, 2.24) is 9.88 Å². The predicted octanol–water partition coefficient (Wildman–Crippen LogP) is 2.89. The first-order chi connectivity index (χ1) is 10.7. The molecule has 1 aliphatic rings. The van der Waals surface area contributed by atoms with Crippen LogP contribution in [0.25, 0.3) is 0 Å². The van der Waals surface area contributed by atoms with Crippen LogP contribution < -0.4 is 4.90 Å². The number of pyridine rings is 1. The smallest absolute Gasteiger partial charge is 0.396 e. The van der Waals surface area contributed by atoms with Gasteiger partial charge in [-0.3, -0.25) is 0 Å². The number of hydrogen-bond donors (Lipinski definition) is 1. The first-order valence-corrected chi connectivity index (χ1v) is 7.85. The highest BCUT2D eigenvalue weighted by Gasteiger charge is 2.33. The minimum Gasteiger partial charge on any atom is -0.396 e. The van der Waals surface area contributed by atoms with Gasteiger partial charge < -0.3 is 14.9 Å². The molecule has 1 N–H and O–H groups in total. The number of halogens is 4. The fraction of sp³-hybridized carbons (Fsp3) is 0.667. The van der Waals surface area contributed by atoms with E-state index in [4.69, 9.17) is 11.6 Å². The predicted molar refractivity (Wildman–Crippen MR) is 83.7 cm³/mol. The summed E-state index contributed by atoms with van der Waals surface area (Å²) in [4.78, 5) is 7.90. The molecule has 0 amide bonds. The minimum absolute atomic E-state index is 0.0177. The Kier molecular flexibility index (Phi) is 5.75. The van der Waals surface area contributed by atoms with Crippen LogP contribution in [0.4, 0.5) is 19.0 Å². The maximum atomic E-state index is 12.7. The van der Waals surface area contributed by atoms with Crippen molar-refractivity contribution in [3.8, 4) is 0 Å². The fourth-order valence-electron chi connectivity index (χ4n) is 2.81. The molecule has 8 heteroatoms. The van der Waals surface area contributed by atoms with E-state index in [0.29, 0.717) is 18.9 Å². The Bertz CT molecular complexity index is 539. The Labute approximate surface area is 138 Å². The molecule has 0 aliphatic carbocycles. The van der Waals surface area contributed by atoms with Gasteiger partial charge in [0.2, 0.25) is 0 Å². The van der Waals surface area contributed by atoms with E-state index in [1.54, 1.807) is 0 Å². The van der Waals surface area contributed by atoms with E-state index in [-0.39, 0.29) is 23.6 Å². The monoisotopic (exact) mass is 351 g/mol. The van der Waals surface area contributed by atoms with Crippen molar-refractivity contribution >= 4 is 17.4 Å². The minimum atomic E-state index is -4.46. The van der Waals surface area contributed by atoms with Crippen molar-refractivity contribution in [2.24, 2.45) is 5.92 Å². The van der Waals surface area contributed by atoms with Gasteiger partial charge in [-0.2, -0.15) is 13.2 Å². The van der Waals surface area contributed by atoms with Gasteiger partial charge in [0.15, 0.2) is 0 Å². The number of hydrogen-bond acceptors (Lipinski definition) is 4. The van der Waals surface area contributed by atoms with Gasteiger partial charge in [0.25, 0.3) is 0 Å². The number of alkyl halides is 3. The van der Waals surface area contributed by atoms with Crippen molar-refractivity contribution in [2.45, 2.75) is 25.1 Å². The van der Waals surface area contributed by atoms with Gasteiger partial charge in [0.1, 0.15) is 5.82 Å². The third kappa shape index (κ3) is 4.49. The zero-order valence-corrected chi connectivity index (χ0v) is 13.9. The van der Waals surface area contributed by atoms with E-state index >= 15 is 0 Å². The lowest BCUT2D eigenvalue weighted by Gasteiger charge is -2.30. The molecule has 23 heavy (non-hydrogen) atoms. The van der Waals surface area contributed by atoms with Crippen LogP contribution in [0.1, 0.15) is 18.4 Å². The van der Waals surface area contributed by atoms with E-state index in [9.17, 15) is 18.3 Å². The molecule has 1 saturated heterocycles. The lowest BCUT2D eigenvalue weighted by molar-refractivity contribution is -0.137. The molecule has 1 aromatic heterocycles. The Morgan fingerprint density at radius 2 is 2.04 bits per heavy atom. The highest BCUT2D eigenvalue weighted by molar-refractivity contribution is 6.33. The molecule has 130 valence electrons. The molecule has 0 unspecified atom stereocenters. The number of nitrogens with zero attached hydrogens (tertiary/aromatic N) is 3. The van der Waals surface area contributed by atoms with E-state index in [1.165, 1.54) is 0 Å². The summed E-state index contributed by atoms with van der Waals surface area (Å²) in [6.45, 7) is 1.18. The number of aliphatic hydroxyl groups excluding tert-OH is 1. The summed E-state index contributed by atoms with van der Waals surface area (Å²) in [7, 11) is 3.92. The average molecular weight is 352 g/mol. The molecule has 0 aromatic carbocycles. The molecule has 1 fully saturated rings. The molecule has 4 nitrogen and oxygen atoms in total. The highest BCUT2D eigenvalue weighted by Crippen LogP contribution is 2.34. The van der Waals surface area contributed by atoms with Crippen LogP contribution in [-0.2, 0) is 6.18 Å². The Morgan fingerprint density at radius 1 is 1.35 bits per heavy atom. The van der Waals surface area contributed by atoms with Crippen LogP contribution in [0.15, 0.2) is 12.3 Å². The van der Waals surface area contributed by atoms with Gasteiger partial charge >= 0.3 is 6.18 Å². The summed E-state index contributed by atoms with van der Waals surface area (Å²) in [6.07, 6.45) is -1.89. The molecule has 2 rings (SSSR count). The molecule has 2 heterocycles. The molecule has 1 aromatic rings. The van der Waals surface area contributed by atoms with Crippen LogP contribution in [0.3, 0.4) is 0 Å². The van der Waals surface area contributed by atoms with Crippen LogP contribution in [0.2, 0.25) is 5.02 Å². The third-order valence-corrected chi connectivity index (χ3v) is 4.53. The highest BCUT2D eigenvalue weighted by atomic mass is 35.5. The maximum Gasteiger partial charge on any atom is 0.417 e. The number of aromatic nitrogens is 1. The van der Waals surface area contributed by atoms with Gasteiger partial charge in [-0.15, -0.1) is 0 Å². The summed E-state index contributed by atoms with van der Waals surface area (Å²) in [5.74, 6) is 0.395. The Morgan fingerprint density at radius 3 is 2.57 bits per heavy atom. The Hall–Kier alpha value is -1.05. The molecule has 0 radical (unpaired) electrons. The van der Waals surface area contributed by atoms with Crippen molar-refractivity contribution in [3.05, 3.63) is 22.8 Å². The third-order valence-electron chi connectivity index (χ3n) is 4.25. The number of rotatable bonds is 3. The van der Waals surface area contributed by atoms with E-state index in [2.05, 4.69) is 9.88 Å². The van der Waals surface area contributed by atoms with Crippen molar-refractivity contribution < 1.29 is 18.3 Å². The second-order valence-corrected chi connectivity index (χ2v) is 6.58. The molecular weight excluding hydrogens is 331 g/mol. The summed E-state index contributed by atoms with van der Waals surface area (Å²) >= 11 is 6.06. The number of likely N-dealkylation sites (N-methyl/N-ethyl adjacent to an activating group) is 1. The van der Waals surface area contributed by atoms with Crippen molar-refractivity contribution in [3.63, 3.8) is 0 Å². The average Bonchev–Trinajstić information content (AvgIpc) is 2.68. The first-order valence-electron chi connectivity index (χ1n) is 7.47. The normalized spacial score (nSPS) is 23.2. The second kappa shape index (κ2) is 7.23. The number of aliphatic hydroxyl groups is 1. The van der Waals surface area contributed by atoms with Gasteiger partial charge in [-0.05, 0) is 38.9 Å². The van der Waals surface area contributed by atoms with Crippen LogP contribution in [0.5, 0.6) is 0 Å². The Balaban J connectivity index is 2.30. The summed E-state index contributed by atoms with van der Waals surface area (Å²) in [5, 5.41) is 9.47. The van der Waals surface area contributed by atoms with Gasteiger partial charge in [0.05, 0.1) is 10.6 Å². The summed E-state index contributed by atoms with van der Waals surface area (Å²) in [6, 6.07) is 1.14. The molecule has 0 bridgehead atoms. The van der Waals surface area contributed by atoms with E-state index in [0.717, 1.165) is 25.1 Å². The first kappa shape index (κ1) is 18.3. The molecule has 2 atom stereocenters. The zero-order chi connectivity index (χ0) is 17.2. The molecule has 1 aliphatic heterocycles. The SMILES string of the molecule is CN(C)[C@@H]1CC[C@H](CO)CN(c2ncc(C(F)(F)F)cc2Cl)C1. The fourth-order valence-corrected chi connectivity index (χ4v) is 3.10. The summed E-state index contributed by atoms with van der Waals surface area (Å²) in [5.41, 5.74) is -0.857. The van der Waals surface area contributed by atoms with Gasteiger partial charge in [-0.25, -0.2) is 4.98 Å². The summed E-state index contributed by atoms with van der Waals surface area (Å²) < 4.78 is 38.2. The van der Waals surface area contributed by atoms with Crippen LogP contribution in [0, 0.1) is 5.92 Å².